The van der Waals surface area contributed by atoms with E-state index < -0.39 is 5.82 Å². The van der Waals surface area contributed by atoms with Crippen LogP contribution in [0.25, 0.3) is 5.57 Å². The Bertz CT molecular complexity index is 701. The van der Waals surface area contributed by atoms with Crippen molar-refractivity contribution in [1.29, 1.82) is 0 Å². The number of halogens is 2. The van der Waals surface area contributed by atoms with E-state index in [4.69, 9.17) is 16.3 Å². The second kappa shape index (κ2) is 10.5. The van der Waals surface area contributed by atoms with Gasteiger partial charge in [0.1, 0.15) is 0 Å². The number of rotatable bonds is 7. The van der Waals surface area contributed by atoms with Gasteiger partial charge in [0.2, 0.25) is 0 Å². The SMILES string of the molecule is C/C=C/C1CCC(C2CC=C(c3ccc(OCCCC)c(F)c3Cl)CC2)CC1. The summed E-state index contributed by atoms with van der Waals surface area (Å²) in [5, 5.41) is 0.213. The van der Waals surface area contributed by atoms with Crippen LogP contribution in [0, 0.1) is 23.6 Å². The monoisotopic (exact) mass is 404 g/mol. The minimum Gasteiger partial charge on any atom is -0.490 e. The molecule has 1 aromatic carbocycles. The van der Waals surface area contributed by atoms with Crippen molar-refractivity contribution < 1.29 is 9.13 Å². The minimum atomic E-state index is -0.416. The average molecular weight is 405 g/mol. The molecule has 1 saturated carbocycles. The zero-order chi connectivity index (χ0) is 19.9. The molecule has 0 bridgehead atoms. The molecular weight excluding hydrogens is 371 g/mol. The third-order valence-corrected chi connectivity index (χ3v) is 6.92. The molecule has 0 saturated heterocycles. The Labute approximate surface area is 175 Å². The molecule has 3 rings (SSSR count). The molecule has 0 N–H and O–H groups in total. The summed E-state index contributed by atoms with van der Waals surface area (Å²) in [6.45, 7) is 4.74. The van der Waals surface area contributed by atoms with E-state index in [1.54, 1.807) is 6.07 Å². The van der Waals surface area contributed by atoms with Gasteiger partial charge in [-0.05, 0) is 99.3 Å². The van der Waals surface area contributed by atoms with Gasteiger partial charge in [0.15, 0.2) is 11.6 Å². The average Bonchev–Trinajstić information content (AvgIpc) is 2.72. The first-order chi connectivity index (χ1) is 13.6. The van der Waals surface area contributed by atoms with E-state index in [0.717, 1.165) is 49.0 Å². The summed E-state index contributed by atoms with van der Waals surface area (Å²) >= 11 is 6.37. The highest BCUT2D eigenvalue weighted by Crippen LogP contribution is 2.43. The van der Waals surface area contributed by atoms with Crippen LogP contribution in [0.2, 0.25) is 5.02 Å². The fraction of sp³-hybridized carbons (Fsp3) is 0.600. The van der Waals surface area contributed by atoms with Gasteiger partial charge in [0.05, 0.1) is 11.6 Å². The molecule has 1 atom stereocenters. The van der Waals surface area contributed by atoms with Crippen LogP contribution in [-0.4, -0.2) is 6.61 Å². The number of hydrogen-bond donors (Lipinski definition) is 0. The van der Waals surface area contributed by atoms with Crippen LogP contribution in [0.3, 0.4) is 0 Å². The predicted octanol–water partition coefficient (Wildman–Crippen LogP) is 8.22. The highest BCUT2D eigenvalue weighted by molar-refractivity contribution is 6.32. The molecule has 0 amide bonds. The number of allylic oxidation sites excluding steroid dienone is 4. The zero-order valence-electron chi connectivity index (χ0n) is 17.4. The van der Waals surface area contributed by atoms with Gasteiger partial charge in [-0.3, -0.25) is 0 Å². The Kier molecular flexibility index (Phi) is 8.02. The summed E-state index contributed by atoms with van der Waals surface area (Å²) in [5.41, 5.74) is 2.04. The van der Waals surface area contributed by atoms with Crippen LogP contribution in [0.5, 0.6) is 5.75 Å². The first-order valence-corrected chi connectivity index (χ1v) is 11.4. The Hall–Kier alpha value is -1.28. The molecule has 3 heteroatoms. The van der Waals surface area contributed by atoms with Gasteiger partial charge < -0.3 is 4.74 Å². The van der Waals surface area contributed by atoms with Crippen molar-refractivity contribution in [2.75, 3.05) is 6.61 Å². The zero-order valence-corrected chi connectivity index (χ0v) is 18.1. The van der Waals surface area contributed by atoms with Crippen molar-refractivity contribution in [1.82, 2.24) is 0 Å². The lowest BCUT2D eigenvalue weighted by atomic mass is 9.71. The van der Waals surface area contributed by atoms with Crippen LogP contribution in [0.1, 0.15) is 77.2 Å². The first kappa shape index (κ1) is 21.4. The second-order valence-corrected chi connectivity index (χ2v) is 8.78. The summed E-state index contributed by atoms with van der Waals surface area (Å²) in [4.78, 5) is 0. The Morgan fingerprint density at radius 3 is 2.57 bits per heavy atom. The number of hydrogen-bond acceptors (Lipinski definition) is 1. The van der Waals surface area contributed by atoms with Gasteiger partial charge in [0.25, 0.3) is 0 Å². The third kappa shape index (κ3) is 5.20. The maximum Gasteiger partial charge on any atom is 0.184 e. The van der Waals surface area contributed by atoms with Crippen molar-refractivity contribution in [3.8, 4) is 5.75 Å². The van der Waals surface area contributed by atoms with Crippen LogP contribution >= 0.6 is 11.6 Å². The van der Waals surface area contributed by atoms with E-state index in [1.165, 1.54) is 37.7 Å². The molecule has 1 fully saturated rings. The molecule has 0 aromatic heterocycles. The van der Waals surface area contributed by atoms with Crippen molar-refractivity contribution in [2.24, 2.45) is 17.8 Å². The number of unbranched alkanes of at least 4 members (excludes halogenated alkanes) is 1. The lowest BCUT2D eigenvalue weighted by molar-refractivity contribution is 0.212. The largest absolute Gasteiger partial charge is 0.490 e. The topological polar surface area (TPSA) is 9.23 Å². The smallest absolute Gasteiger partial charge is 0.184 e. The van der Waals surface area contributed by atoms with Gasteiger partial charge in [-0.2, -0.15) is 0 Å². The van der Waals surface area contributed by atoms with Crippen LogP contribution in [0.15, 0.2) is 30.4 Å². The molecule has 0 spiro atoms. The fourth-order valence-corrected chi connectivity index (χ4v) is 5.10. The Morgan fingerprint density at radius 2 is 1.93 bits per heavy atom. The lowest BCUT2D eigenvalue weighted by Gasteiger charge is -2.35. The normalized spacial score (nSPS) is 25.7. The summed E-state index contributed by atoms with van der Waals surface area (Å²) in [5.74, 6) is 2.27. The minimum absolute atomic E-state index is 0.213. The van der Waals surface area contributed by atoms with Gasteiger partial charge in [0, 0.05) is 0 Å². The van der Waals surface area contributed by atoms with E-state index in [2.05, 4.69) is 32.1 Å². The van der Waals surface area contributed by atoms with E-state index >= 15 is 0 Å². The van der Waals surface area contributed by atoms with Crippen molar-refractivity contribution in [3.63, 3.8) is 0 Å². The molecular formula is C25H34ClFO. The van der Waals surface area contributed by atoms with Crippen LogP contribution in [0.4, 0.5) is 4.39 Å². The number of ether oxygens (including phenoxy) is 1. The summed E-state index contributed by atoms with van der Waals surface area (Å²) in [6, 6.07) is 3.67. The molecule has 154 valence electrons. The summed E-state index contributed by atoms with van der Waals surface area (Å²) < 4.78 is 20.2. The second-order valence-electron chi connectivity index (χ2n) is 8.41. The molecule has 0 aliphatic heterocycles. The fourth-order valence-electron chi connectivity index (χ4n) is 4.83. The molecule has 1 aromatic rings. The first-order valence-electron chi connectivity index (χ1n) is 11.1. The predicted molar refractivity (Wildman–Crippen MR) is 117 cm³/mol. The van der Waals surface area contributed by atoms with Gasteiger partial charge in [-0.15, -0.1) is 0 Å². The summed E-state index contributed by atoms with van der Waals surface area (Å²) in [7, 11) is 0. The molecule has 0 heterocycles. The van der Waals surface area contributed by atoms with Gasteiger partial charge >= 0.3 is 0 Å². The molecule has 2 aliphatic carbocycles. The number of benzene rings is 1. The maximum atomic E-state index is 14.6. The van der Waals surface area contributed by atoms with E-state index in [-0.39, 0.29) is 10.8 Å². The highest BCUT2D eigenvalue weighted by Gasteiger charge is 2.28. The van der Waals surface area contributed by atoms with E-state index in [9.17, 15) is 4.39 Å². The van der Waals surface area contributed by atoms with Crippen molar-refractivity contribution in [3.05, 3.63) is 46.8 Å². The van der Waals surface area contributed by atoms with E-state index in [0.29, 0.717) is 6.61 Å². The van der Waals surface area contributed by atoms with Crippen molar-refractivity contribution in [2.45, 2.75) is 71.6 Å². The van der Waals surface area contributed by atoms with Gasteiger partial charge in [-0.1, -0.05) is 43.2 Å². The molecule has 2 aliphatic rings. The maximum absolute atomic E-state index is 14.6. The van der Waals surface area contributed by atoms with E-state index in [1.807, 2.05) is 6.07 Å². The standard InChI is InChI=1S/C25H34ClFO/c1-3-5-17-28-23-16-15-22(24(26)25(23)27)21-13-11-20(12-14-21)19-9-7-18(6-4-2)8-10-19/h4,6,13,15-16,18-20H,3,5,7-12,14,17H2,1-2H3/b6-4+. The highest BCUT2D eigenvalue weighted by atomic mass is 35.5. The van der Waals surface area contributed by atoms with Crippen LogP contribution in [-0.2, 0) is 0 Å². The summed E-state index contributed by atoms with van der Waals surface area (Å²) in [6.07, 6.45) is 17.5. The quantitative estimate of drug-likeness (QED) is 0.328. The Morgan fingerprint density at radius 1 is 1.14 bits per heavy atom. The lowest BCUT2D eigenvalue weighted by Crippen LogP contribution is -2.22. The third-order valence-electron chi connectivity index (χ3n) is 6.55. The molecule has 28 heavy (non-hydrogen) atoms. The molecule has 1 nitrogen and oxygen atoms in total. The Balaban J connectivity index is 1.61. The molecule has 0 radical (unpaired) electrons. The van der Waals surface area contributed by atoms with Crippen LogP contribution < -0.4 is 4.74 Å². The molecule has 1 unspecified atom stereocenters. The van der Waals surface area contributed by atoms with Gasteiger partial charge in [-0.25, -0.2) is 4.39 Å². The van der Waals surface area contributed by atoms with Crippen molar-refractivity contribution >= 4 is 17.2 Å².